The topological polar surface area (TPSA) is 87.7 Å². The van der Waals surface area contributed by atoms with Gasteiger partial charge in [0, 0.05) is 18.2 Å². The molecule has 0 aromatic heterocycles. The van der Waals surface area contributed by atoms with Gasteiger partial charge in [-0.2, -0.15) is 0 Å². The molecule has 2 N–H and O–H groups in total. The normalized spacial score (nSPS) is 25.2. The Morgan fingerprint density at radius 1 is 1.26 bits per heavy atom. The van der Waals surface area contributed by atoms with Crippen molar-refractivity contribution in [2.45, 2.75) is 56.8 Å². The largest absolute Gasteiger partial charge is 0.376 e. The average Bonchev–Trinajstić information content (AvgIpc) is 3.25. The number of nitrogens with zero attached hydrogens (tertiary/aromatic N) is 1. The molecule has 1 aliphatic carbocycles. The second-order valence-corrected chi connectivity index (χ2v) is 7.56. The zero-order valence-electron chi connectivity index (χ0n) is 15.4. The van der Waals surface area contributed by atoms with E-state index in [4.69, 9.17) is 4.74 Å². The summed E-state index contributed by atoms with van der Waals surface area (Å²) in [7, 11) is 0. The SMILES string of the molecule is CC(NC(=O)CNC(=O)C1c2ccccc2C(=O)N1C1CC1)C1CCCO1. The fourth-order valence-corrected chi connectivity index (χ4v) is 3.99. The lowest BCUT2D eigenvalue weighted by molar-refractivity contribution is -0.129. The van der Waals surface area contributed by atoms with Crippen molar-refractivity contribution in [3.63, 3.8) is 0 Å². The number of amides is 3. The van der Waals surface area contributed by atoms with E-state index in [2.05, 4.69) is 10.6 Å². The van der Waals surface area contributed by atoms with Crippen LogP contribution in [0.3, 0.4) is 0 Å². The van der Waals surface area contributed by atoms with E-state index in [-0.39, 0.29) is 42.5 Å². The van der Waals surface area contributed by atoms with Gasteiger partial charge in [-0.3, -0.25) is 14.4 Å². The molecule has 0 radical (unpaired) electrons. The Hall–Kier alpha value is -2.41. The van der Waals surface area contributed by atoms with Gasteiger partial charge in [-0.25, -0.2) is 0 Å². The third-order valence-corrected chi connectivity index (χ3v) is 5.52. The molecule has 2 heterocycles. The van der Waals surface area contributed by atoms with Crippen LogP contribution in [0.15, 0.2) is 24.3 Å². The predicted molar refractivity (Wildman–Crippen MR) is 98.0 cm³/mol. The van der Waals surface area contributed by atoms with Crippen LogP contribution in [-0.4, -0.2) is 54.0 Å². The second kappa shape index (κ2) is 7.31. The molecule has 1 saturated heterocycles. The van der Waals surface area contributed by atoms with Gasteiger partial charge < -0.3 is 20.3 Å². The predicted octanol–water partition coefficient (Wildman–Crippen LogP) is 1.15. The molecule has 27 heavy (non-hydrogen) atoms. The van der Waals surface area contributed by atoms with Gasteiger partial charge in [0.05, 0.1) is 18.7 Å². The number of carbonyl (C=O) groups excluding carboxylic acids is 3. The zero-order chi connectivity index (χ0) is 19.0. The van der Waals surface area contributed by atoms with Crippen LogP contribution < -0.4 is 10.6 Å². The molecule has 1 saturated carbocycles. The molecular formula is C20H25N3O4. The highest BCUT2D eigenvalue weighted by molar-refractivity contribution is 6.05. The molecular weight excluding hydrogens is 346 g/mol. The molecule has 144 valence electrons. The molecule has 3 atom stereocenters. The summed E-state index contributed by atoms with van der Waals surface area (Å²) in [6, 6.07) is 6.60. The maximum absolute atomic E-state index is 12.8. The first-order valence-electron chi connectivity index (χ1n) is 9.66. The van der Waals surface area contributed by atoms with Gasteiger partial charge in [-0.15, -0.1) is 0 Å². The molecule has 0 spiro atoms. The van der Waals surface area contributed by atoms with Crippen LogP contribution >= 0.6 is 0 Å². The molecule has 1 aromatic carbocycles. The van der Waals surface area contributed by atoms with Crippen molar-refractivity contribution in [3.8, 4) is 0 Å². The first-order valence-corrected chi connectivity index (χ1v) is 9.66. The van der Waals surface area contributed by atoms with Crippen molar-refractivity contribution in [1.82, 2.24) is 15.5 Å². The summed E-state index contributed by atoms with van der Waals surface area (Å²) in [6.07, 6.45) is 3.82. The number of rotatable bonds is 6. The van der Waals surface area contributed by atoms with E-state index in [0.29, 0.717) is 5.56 Å². The molecule has 4 rings (SSSR count). The van der Waals surface area contributed by atoms with Crippen LogP contribution in [-0.2, 0) is 14.3 Å². The number of hydrogen-bond donors (Lipinski definition) is 2. The Bertz CT molecular complexity index is 755. The van der Waals surface area contributed by atoms with E-state index in [1.54, 1.807) is 11.0 Å². The van der Waals surface area contributed by atoms with Gasteiger partial charge in [0.15, 0.2) is 0 Å². The Balaban J connectivity index is 1.38. The summed E-state index contributed by atoms with van der Waals surface area (Å²) in [5, 5.41) is 5.59. The van der Waals surface area contributed by atoms with Gasteiger partial charge >= 0.3 is 0 Å². The zero-order valence-corrected chi connectivity index (χ0v) is 15.4. The van der Waals surface area contributed by atoms with Crippen LogP contribution in [0.2, 0.25) is 0 Å². The van der Waals surface area contributed by atoms with Gasteiger partial charge in [0.25, 0.3) is 5.91 Å². The molecule has 7 nitrogen and oxygen atoms in total. The number of ether oxygens (including phenoxy) is 1. The van der Waals surface area contributed by atoms with Crippen LogP contribution in [0.4, 0.5) is 0 Å². The number of carbonyl (C=O) groups is 3. The van der Waals surface area contributed by atoms with Gasteiger partial charge in [0.1, 0.15) is 6.04 Å². The quantitative estimate of drug-likeness (QED) is 0.785. The van der Waals surface area contributed by atoms with Gasteiger partial charge in [-0.1, -0.05) is 18.2 Å². The summed E-state index contributed by atoms with van der Waals surface area (Å²) in [6.45, 7) is 2.53. The van der Waals surface area contributed by atoms with E-state index in [9.17, 15) is 14.4 Å². The van der Waals surface area contributed by atoms with E-state index in [0.717, 1.165) is 37.9 Å². The van der Waals surface area contributed by atoms with Crippen LogP contribution in [0.1, 0.15) is 54.6 Å². The number of hydrogen-bond acceptors (Lipinski definition) is 4. The molecule has 0 bridgehead atoms. The Morgan fingerprint density at radius 3 is 2.74 bits per heavy atom. The van der Waals surface area contributed by atoms with E-state index in [1.807, 2.05) is 25.1 Å². The standard InChI is InChI=1S/C20H25N3O4/c1-12(16-7-4-10-27-16)22-17(24)11-21-19(25)18-14-5-2-3-6-15(14)20(26)23(18)13-8-9-13/h2-3,5-6,12-13,16,18H,4,7-11H2,1H3,(H,21,25)(H,22,24). The number of fused-ring (bicyclic) bond motifs is 1. The monoisotopic (exact) mass is 371 g/mol. The Labute approximate surface area is 158 Å². The van der Waals surface area contributed by atoms with Crippen LogP contribution in [0, 0.1) is 0 Å². The third-order valence-electron chi connectivity index (χ3n) is 5.52. The van der Waals surface area contributed by atoms with E-state index in [1.165, 1.54) is 0 Å². The van der Waals surface area contributed by atoms with Gasteiger partial charge in [0.2, 0.25) is 11.8 Å². The average molecular weight is 371 g/mol. The Morgan fingerprint density at radius 2 is 2.04 bits per heavy atom. The summed E-state index contributed by atoms with van der Waals surface area (Å²) < 4.78 is 5.57. The van der Waals surface area contributed by atoms with E-state index >= 15 is 0 Å². The number of benzene rings is 1. The maximum atomic E-state index is 12.8. The highest BCUT2D eigenvalue weighted by atomic mass is 16.5. The molecule has 3 unspecified atom stereocenters. The Kier molecular flexibility index (Phi) is 4.86. The molecule has 3 amide bonds. The van der Waals surface area contributed by atoms with Crippen molar-refractivity contribution < 1.29 is 19.1 Å². The highest BCUT2D eigenvalue weighted by Gasteiger charge is 2.47. The first-order chi connectivity index (χ1) is 13.1. The lowest BCUT2D eigenvalue weighted by Crippen LogP contribution is -2.47. The molecule has 3 aliphatic rings. The lowest BCUT2D eigenvalue weighted by atomic mass is 10.0. The summed E-state index contributed by atoms with van der Waals surface area (Å²) in [5.41, 5.74) is 1.31. The minimum absolute atomic E-state index is 0.0364. The van der Waals surface area contributed by atoms with Crippen LogP contribution in [0.25, 0.3) is 0 Å². The smallest absolute Gasteiger partial charge is 0.255 e. The number of nitrogens with one attached hydrogen (secondary N) is 2. The van der Waals surface area contributed by atoms with Crippen molar-refractivity contribution in [2.75, 3.05) is 13.2 Å². The summed E-state index contributed by atoms with van der Waals surface area (Å²) in [5.74, 6) is -0.647. The fraction of sp³-hybridized carbons (Fsp3) is 0.550. The first kappa shape index (κ1) is 18.0. The summed E-state index contributed by atoms with van der Waals surface area (Å²) in [4.78, 5) is 39.4. The molecule has 7 heteroatoms. The van der Waals surface area contributed by atoms with Gasteiger partial charge in [-0.05, 0) is 44.2 Å². The third kappa shape index (κ3) is 3.56. The molecule has 2 aliphatic heterocycles. The summed E-state index contributed by atoms with van der Waals surface area (Å²) >= 11 is 0. The van der Waals surface area contributed by atoms with Crippen molar-refractivity contribution in [3.05, 3.63) is 35.4 Å². The highest BCUT2D eigenvalue weighted by Crippen LogP contribution is 2.41. The van der Waals surface area contributed by atoms with Crippen LogP contribution in [0.5, 0.6) is 0 Å². The van der Waals surface area contributed by atoms with E-state index < -0.39 is 6.04 Å². The lowest BCUT2D eigenvalue weighted by Gasteiger charge is -2.25. The van der Waals surface area contributed by atoms with Crippen molar-refractivity contribution in [1.29, 1.82) is 0 Å². The minimum Gasteiger partial charge on any atom is -0.376 e. The second-order valence-electron chi connectivity index (χ2n) is 7.56. The molecule has 2 fully saturated rings. The van der Waals surface area contributed by atoms with Crippen molar-refractivity contribution >= 4 is 17.7 Å². The minimum atomic E-state index is -0.649. The maximum Gasteiger partial charge on any atom is 0.255 e. The fourth-order valence-electron chi connectivity index (χ4n) is 3.99. The van der Waals surface area contributed by atoms with Crippen molar-refractivity contribution in [2.24, 2.45) is 0 Å². The molecule has 1 aromatic rings.